The Bertz CT molecular complexity index is 455. The molecule has 0 spiro atoms. The Hall–Kier alpha value is -1.40. The summed E-state index contributed by atoms with van der Waals surface area (Å²) < 4.78 is 5.38. The van der Waals surface area contributed by atoms with Gasteiger partial charge in [-0.15, -0.1) is 0 Å². The minimum Gasteiger partial charge on any atom is -0.377 e. The lowest BCUT2D eigenvalue weighted by molar-refractivity contribution is -0.384. The van der Waals surface area contributed by atoms with Crippen LogP contribution in [-0.4, -0.2) is 35.7 Å². The van der Waals surface area contributed by atoms with Crippen LogP contribution < -0.4 is 4.90 Å². The monoisotopic (exact) mass is 271 g/mol. The number of nitro groups is 1. The van der Waals surface area contributed by atoms with Crippen molar-refractivity contribution in [3.63, 3.8) is 0 Å². The maximum atomic E-state index is 11.0. The Morgan fingerprint density at radius 3 is 3.11 bits per heavy atom. The summed E-state index contributed by atoms with van der Waals surface area (Å²) in [5.41, 5.74) is -0.0141. The van der Waals surface area contributed by atoms with Crippen molar-refractivity contribution in [2.24, 2.45) is 0 Å². The molecule has 1 aromatic heterocycles. The molecule has 0 amide bonds. The van der Waals surface area contributed by atoms with Gasteiger partial charge in [-0.25, -0.2) is 4.98 Å². The van der Waals surface area contributed by atoms with E-state index in [2.05, 4.69) is 4.98 Å². The molecule has 0 N–H and O–H groups in total. The van der Waals surface area contributed by atoms with Crippen LogP contribution in [-0.2, 0) is 4.74 Å². The SMILES string of the molecule is CCC1COCCN1c1nc(Cl)ccc1[N+](=O)[O-]. The molecule has 1 aliphatic heterocycles. The van der Waals surface area contributed by atoms with Crippen LogP contribution in [0.25, 0.3) is 0 Å². The van der Waals surface area contributed by atoms with Gasteiger partial charge < -0.3 is 9.64 Å². The molecular weight excluding hydrogens is 258 g/mol. The molecule has 18 heavy (non-hydrogen) atoms. The van der Waals surface area contributed by atoms with Gasteiger partial charge in [-0.1, -0.05) is 18.5 Å². The molecule has 0 aliphatic carbocycles. The van der Waals surface area contributed by atoms with Crippen molar-refractivity contribution in [3.05, 3.63) is 27.4 Å². The molecule has 1 saturated heterocycles. The minimum absolute atomic E-state index is 0.0141. The normalized spacial score (nSPS) is 19.9. The summed E-state index contributed by atoms with van der Waals surface area (Å²) in [6.07, 6.45) is 0.839. The molecule has 0 radical (unpaired) electrons. The van der Waals surface area contributed by atoms with Crippen molar-refractivity contribution in [3.8, 4) is 0 Å². The van der Waals surface area contributed by atoms with Gasteiger partial charge in [-0.2, -0.15) is 0 Å². The number of aromatic nitrogens is 1. The number of anilines is 1. The first-order valence-corrected chi connectivity index (χ1v) is 6.16. The standard InChI is InChI=1S/C11H14ClN3O3/c1-2-8-7-18-6-5-14(8)11-9(15(16)17)3-4-10(12)13-11/h3-4,8H,2,5-7H2,1H3. The molecule has 1 aromatic rings. The molecule has 2 rings (SSSR count). The summed E-state index contributed by atoms with van der Waals surface area (Å²) >= 11 is 5.84. The first kappa shape index (κ1) is 13.0. The number of nitrogens with zero attached hydrogens (tertiary/aromatic N) is 3. The smallest absolute Gasteiger partial charge is 0.311 e. The average Bonchev–Trinajstić information content (AvgIpc) is 2.38. The second-order valence-corrected chi connectivity index (χ2v) is 4.45. The number of ether oxygens (including phenoxy) is 1. The Morgan fingerprint density at radius 2 is 2.44 bits per heavy atom. The molecule has 6 nitrogen and oxygen atoms in total. The highest BCUT2D eigenvalue weighted by Gasteiger charge is 2.29. The zero-order valence-corrected chi connectivity index (χ0v) is 10.8. The van der Waals surface area contributed by atoms with Crippen LogP contribution in [0.4, 0.5) is 11.5 Å². The van der Waals surface area contributed by atoms with Crippen molar-refractivity contribution in [1.29, 1.82) is 0 Å². The van der Waals surface area contributed by atoms with Crippen LogP contribution in [0.2, 0.25) is 5.15 Å². The van der Waals surface area contributed by atoms with Crippen molar-refractivity contribution in [2.45, 2.75) is 19.4 Å². The number of hydrogen-bond acceptors (Lipinski definition) is 5. The molecule has 2 heterocycles. The van der Waals surface area contributed by atoms with Crippen LogP contribution in [0.1, 0.15) is 13.3 Å². The van der Waals surface area contributed by atoms with Gasteiger partial charge in [0.25, 0.3) is 0 Å². The van der Waals surface area contributed by atoms with E-state index in [1.54, 1.807) is 0 Å². The third-order valence-electron chi connectivity index (χ3n) is 2.99. The van der Waals surface area contributed by atoms with Crippen LogP contribution in [0.15, 0.2) is 12.1 Å². The van der Waals surface area contributed by atoms with E-state index in [0.29, 0.717) is 25.6 Å². The molecular formula is C11H14ClN3O3. The minimum atomic E-state index is -0.430. The second kappa shape index (κ2) is 5.49. The Morgan fingerprint density at radius 1 is 1.67 bits per heavy atom. The van der Waals surface area contributed by atoms with E-state index >= 15 is 0 Å². The lowest BCUT2D eigenvalue weighted by Crippen LogP contribution is -2.45. The van der Waals surface area contributed by atoms with Crippen LogP contribution in [0.5, 0.6) is 0 Å². The fraction of sp³-hybridized carbons (Fsp3) is 0.545. The van der Waals surface area contributed by atoms with E-state index < -0.39 is 4.92 Å². The zero-order valence-electron chi connectivity index (χ0n) is 10.0. The first-order chi connectivity index (χ1) is 8.63. The summed E-state index contributed by atoms with van der Waals surface area (Å²) in [5.74, 6) is 0.336. The largest absolute Gasteiger partial charge is 0.377 e. The van der Waals surface area contributed by atoms with E-state index in [-0.39, 0.29) is 16.9 Å². The summed E-state index contributed by atoms with van der Waals surface area (Å²) in [4.78, 5) is 16.6. The van der Waals surface area contributed by atoms with E-state index in [1.165, 1.54) is 12.1 Å². The van der Waals surface area contributed by atoms with E-state index in [1.807, 2.05) is 11.8 Å². The fourth-order valence-electron chi connectivity index (χ4n) is 2.04. The molecule has 0 aromatic carbocycles. The average molecular weight is 272 g/mol. The van der Waals surface area contributed by atoms with Crippen LogP contribution in [0.3, 0.4) is 0 Å². The topological polar surface area (TPSA) is 68.5 Å². The molecule has 0 saturated carbocycles. The second-order valence-electron chi connectivity index (χ2n) is 4.06. The summed E-state index contributed by atoms with van der Waals surface area (Å²) in [6, 6.07) is 2.93. The number of hydrogen-bond donors (Lipinski definition) is 0. The molecule has 7 heteroatoms. The predicted octanol–water partition coefficient (Wildman–Crippen LogP) is 2.26. The number of morpholine rings is 1. The van der Waals surface area contributed by atoms with Gasteiger partial charge in [0, 0.05) is 12.6 Å². The van der Waals surface area contributed by atoms with E-state index in [4.69, 9.17) is 16.3 Å². The van der Waals surface area contributed by atoms with Gasteiger partial charge in [0.2, 0.25) is 5.82 Å². The Labute approximate surface area is 110 Å². The number of halogens is 1. The lowest BCUT2D eigenvalue weighted by atomic mass is 10.1. The van der Waals surface area contributed by atoms with Gasteiger partial charge >= 0.3 is 5.69 Å². The van der Waals surface area contributed by atoms with Crippen molar-refractivity contribution < 1.29 is 9.66 Å². The molecule has 1 unspecified atom stereocenters. The quantitative estimate of drug-likeness (QED) is 0.479. The van der Waals surface area contributed by atoms with Gasteiger partial charge in [-0.05, 0) is 12.5 Å². The third kappa shape index (κ3) is 2.54. The lowest BCUT2D eigenvalue weighted by Gasteiger charge is -2.35. The summed E-state index contributed by atoms with van der Waals surface area (Å²) in [7, 11) is 0. The zero-order chi connectivity index (χ0) is 13.1. The third-order valence-corrected chi connectivity index (χ3v) is 3.20. The molecule has 1 aliphatic rings. The summed E-state index contributed by atoms with van der Waals surface area (Å²) in [6.45, 7) is 3.71. The Kier molecular flexibility index (Phi) is 3.98. The van der Waals surface area contributed by atoms with Crippen molar-refractivity contribution >= 4 is 23.1 Å². The highest BCUT2D eigenvalue weighted by Crippen LogP contribution is 2.30. The molecule has 98 valence electrons. The number of pyridine rings is 1. The van der Waals surface area contributed by atoms with E-state index in [0.717, 1.165) is 6.42 Å². The highest BCUT2D eigenvalue weighted by atomic mass is 35.5. The maximum Gasteiger partial charge on any atom is 0.311 e. The molecule has 0 bridgehead atoms. The van der Waals surface area contributed by atoms with Crippen molar-refractivity contribution in [1.82, 2.24) is 4.98 Å². The van der Waals surface area contributed by atoms with Gasteiger partial charge in [0.15, 0.2) is 0 Å². The fourth-order valence-corrected chi connectivity index (χ4v) is 2.19. The van der Waals surface area contributed by atoms with Gasteiger partial charge in [0.1, 0.15) is 5.15 Å². The van der Waals surface area contributed by atoms with Crippen molar-refractivity contribution in [2.75, 3.05) is 24.7 Å². The highest BCUT2D eigenvalue weighted by molar-refractivity contribution is 6.29. The van der Waals surface area contributed by atoms with Crippen LogP contribution >= 0.6 is 11.6 Å². The first-order valence-electron chi connectivity index (χ1n) is 5.78. The molecule has 1 atom stereocenters. The van der Waals surface area contributed by atoms with Gasteiger partial charge in [0.05, 0.1) is 24.2 Å². The van der Waals surface area contributed by atoms with E-state index in [9.17, 15) is 10.1 Å². The maximum absolute atomic E-state index is 11.0. The van der Waals surface area contributed by atoms with Crippen LogP contribution in [0, 0.1) is 10.1 Å². The molecule has 1 fully saturated rings. The Balaban J connectivity index is 2.41. The number of rotatable bonds is 3. The van der Waals surface area contributed by atoms with Gasteiger partial charge in [-0.3, -0.25) is 10.1 Å². The summed E-state index contributed by atoms with van der Waals surface area (Å²) in [5, 5.41) is 11.3. The predicted molar refractivity (Wildman–Crippen MR) is 68.1 cm³/mol.